The Kier molecular flexibility index (Phi) is 22.3. The van der Waals surface area contributed by atoms with E-state index in [4.69, 9.17) is 30.5 Å². The molecule has 0 rings (SSSR count). The SMILES string of the molecule is CCCCCCCCCCOCCOCCOCCOCCCl. The first kappa shape index (κ1) is 23.1. The third kappa shape index (κ3) is 22.1. The summed E-state index contributed by atoms with van der Waals surface area (Å²) in [6.45, 7) is 7.40. The first-order valence-electron chi connectivity index (χ1n) is 9.28. The topological polar surface area (TPSA) is 36.9 Å². The van der Waals surface area contributed by atoms with Gasteiger partial charge in [-0.15, -0.1) is 11.6 Å². The maximum absolute atomic E-state index is 5.55. The number of alkyl halides is 1. The van der Waals surface area contributed by atoms with E-state index >= 15 is 0 Å². The minimum atomic E-state index is 0.530. The average Bonchev–Trinajstić information content (AvgIpc) is 2.57. The second-order valence-corrected chi connectivity index (χ2v) is 5.99. The molecule has 5 heteroatoms. The maximum Gasteiger partial charge on any atom is 0.0701 e. The van der Waals surface area contributed by atoms with Gasteiger partial charge in [0.2, 0.25) is 0 Å². The molecule has 4 nitrogen and oxygen atoms in total. The van der Waals surface area contributed by atoms with Gasteiger partial charge in [0.25, 0.3) is 0 Å². The van der Waals surface area contributed by atoms with Gasteiger partial charge in [0.1, 0.15) is 0 Å². The van der Waals surface area contributed by atoms with Gasteiger partial charge in [-0.05, 0) is 6.42 Å². The molecule has 0 bridgehead atoms. The van der Waals surface area contributed by atoms with Crippen molar-refractivity contribution in [1.82, 2.24) is 0 Å². The van der Waals surface area contributed by atoms with Gasteiger partial charge in [-0.1, -0.05) is 51.9 Å². The smallest absolute Gasteiger partial charge is 0.0701 e. The van der Waals surface area contributed by atoms with Crippen LogP contribution in [0.25, 0.3) is 0 Å². The van der Waals surface area contributed by atoms with Crippen LogP contribution in [0.4, 0.5) is 0 Å². The van der Waals surface area contributed by atoms with Crippen LogP contribution in [-0.4, -0.2) is 58.7 Å². The maximum atomic E-state index is 5.55. The molecule has 0 aliphatic rings. The van der Waals surface area contributed by atoms with Crippen molar-refractivity contribution in [1.29, 1.82) is 0 Å². The molecule has 0 aliphatic carbocycles. The third-order valence-electron chi connectivity index (χ3n) is 3.48. The van der Waals surface area contributed by atoms with Crippen molar-refractivity contribution < 1.29 is 18.9 Å². The van der Waals surface area contributed by atoms with Crippen LogP contribution >= 0.6 is 11.6 Å². The van der Waals surface area contributed by atoms with Crippen molar-refractivity contribution in [2.45, 2.75) is 58.3 Å². The third-order valence-corrected chi connectivity index (χ3v) is 3.63. The predicted octanol–water partition coefficient (Wildman–Crippen LogP) is 4.43. The van der Waals surface area contributed by atoms with Crippen molar-refractivity contribution in [2.75, 3.05) is 58.7 Å². The molecular weight excluding hydrogens is 316 g/mol. The van der Waals surface area contributed by atoms with Crippen molar-refractivity contribution >= 4 is 11.6 Å². The fourth-order valence-electron chi connectivity index (χ4n) is 2.15. The number of rotatable bonds is 20. The summed E-state index contributed by atoms with van der Waals surface area (Å²) in [5.41, 5.74) is 0. The van der Waals surface area contributed by atoms with Crippen molar-refractivity contribution in [2.24, 2.45) is 0 Å². The average molecular weight is 353 g/mol. The van der Waals surface area contributed by atoms with E-state index in [0.717, 1.165) is 6.61 Å². The second kappa shape index (κ2) is 22.1. The highest BCUT2D eigenvalue weighted by Gasteiger charge is 1.94. The summed E-state index contributed by atoms with van der Waals surface area (Å²) < 4.78 is 21.5. The minimum absolute atomic E-state index is 0.530. The molecule has 0 spiro atoms. The van der Waals surface area contributed by atoms with Crippen LogP contribution in [0.2, 0.25) is 0 Å². The largest absolute Gasteiger partial charge is 0.379 e. The Morgan fingerprint density at radius 1 is 0.478 bits per heavy atom. The summed E-state index contributed by atoms with van der Waals surface area (Å²) in [7, 11) is 0. The Labute approximate surface area is 148 Å². The summed E-state index contributed by atoms with van der Waals surface area (Å²) in [5.74, 6) is 0.530. The quantitative estimate of drug-likeness (QED) is 0.240. The molecule has 0 saturated carbocycles. The molecule has 0 aromatic heterocycles. The van der Waals surface area contributed by atoms with E-state index in [1.54, 1.807) is 0 Å². The molecule has 0 amide bonds. The van der Waals surface area contributed by atoms with Crippen LogP contribution in [-0.2, 0) is 18.9 Å². The van der Waals surface area contributed by atoms with E-state index < -0.39 is 0 Å². The van der Waals surface area contributed by atoms with Gasteiger partial charge < -0.3 is 18.9 Å². The summed E-state index contributed by atoms with van der Waals surface area (Å²) >= 11 is 5.49. The molecule has 23 heavy (non-hydrogen) atoms. The Morgan fingerprint density at radius 2 is 0.870 bits per heavy atom. The molecule has 0 heterocycles. The minimum Gasteiger partial charge on any atom is -0.379 e. The van der Waals surface area contributed by atoms with Crippen LogP contribution in [0.15, 0.2) is 0 Å². The molecule has 0 radical (unpaired) electrons. The highest BCUT2D eigenvalue weighted by Crippen LogP contribution is 2.08. The van der Waals surface area contributed by atoms with Crippen molar-refractivity contribution in [3.63, 3.8) is 0 Å². The van der Waals surface area contributed by atoms with Gasteiger partial charge >= 0.3 is 0 Å². The van der Waals surface area contributed by atoms with E-state index in [9.17, 15) is 0 Å². The monoisotopic (exact) mass is 352 g/mol. The summed E-state index contributed by atoms with van der Waals surface area (Å²) in [5, 5.41) is 0. The van der Waals surface area contributed by atoms with Gasteiger partial charge in [0.05, 0.1) is 46.2 Å². The van der Waals surface area contributed by atoms with Crippen LogP contribution in [0.1, 0.15) is 58.3 Å². The molecule has 0 unspecified atom stereocenters. The van der Waals surface area contributed by atoms with Gasteiger partial charge in [-0.25, -0.2) is 0 Å². The molecule has 0 aromatic rings. The van der Waals surface area contributed by atoms with E-state index in [-0.39, 0.29) is 0 Å². The van der Waals surface area contributed by atoms with Crippen molar-refractivity contribution in [3.8, 4) is 0 Å². The van der Waals surface area contributed by atoms with Crippen LogP contribution in [0.5, 0.6) is 0 Å². The van der Waals surface area contributed by atoms with E-state index in [0.29, 0.717) is 52.1 Å². The zero-order valence-corrected chi connectivity index (χ0v) is 15.8. The zero-order valence-electron chi connectivity index (χ0n) is 15.0. The fourth-order valence-corrected chi connectivity index (χ4v) is 2.26. The number of hydrogen-bond donors (Lipinski definition) is 0. The highest BCUT2D eigenvalue weighted by molar-refractivity contribution is 6.17. The lowest BCUT2D eigenvalue weighted by molar-refractivity contribution is -0.000661. The molecule has 140 valence electrons. The first-order valence-corrected chi connectivity index (χ1v) is 9.82. The van der Waals surface area contributed by atoms with Crippen LogP contribution in [0.3, 0.4) is 0 Å². The van der Waals surface area contributed by atoms with Crippen LogP contribution < -0.4 is 0 Å². The second-order valence-electron chi connectivity index (χ2n) is 5.61. The van der Waals surface area contributed by atoms with Gasteiger partial charge in [0, 0.05) is 12.5 Å². The first-order chi connectivity index (χ1) is 11.4. The summed E-state index contributed by atoms with van der Waals surface area (Å²) in [4.78, 5) is 0. The van der Waals surface area contributed by atoms with Gasteiger partial charge in [-0.2, -0.15) is 0 Å². The Morgan fingerprint density at radius 3 is 1.35 bits per heavy atom. The fraction of sp³-hybridized carbons (Fsp3) is 1.00. The molecule has 0 fully saturated rings. The molecule has 0 N–H and O–H groups in total. The molecule has 0 aliphatic heterocycles. The highest BCUT2D eigenvalue weighted by atomic mass is 35.5. The summed E-state index contributed by atoms with van der Waals surface area (Å²) in [6.07, 6.45) is 10.7. The van der Waals surface area contributed by atoms with E-state index in [1.165, 1.54) is 51.4 Å². The van der Waals surface area contributed by atoms with E-state index in [1.807, 2.05) is 0 Å². The standard InChI is InChI=1S/C18H37ClO4/c1-2-3-4-5-6-7-8-9-11-20-13-15-22-17-18-23-16-14-21-12-10-19/h2-18H2,1H3. The number of halogens is 1. The number of unbranched alkanes of at least 4 members (excludes halogenated alkanes) is 7. The van der Waals surface area contributed by atoms with Crippen molar-refractivity contribution in [3.05, 3.63) is 0 Å². The normalized spacial score (nSPS) is 11.2. The molecule has 0 aromatic carbocycles. The molecular formula is C18H37ClO4. The van der Waals surface area contributed by atoms with Gasteiger partial charge in [-0.3, -0.25) is 0 Å². The molecule has 0 atom stereocenters. The Bertz CT molecular complexity index is 185. The number of ether oxygens (including phenoxy) is 4. The Balaban J connectivity index is 2.92. The lowest BCUT2D eigenvalue weighted by Gasteiger charge is -2.07. The van der Waals surface area contributed by atoms with Gasteiger partial charge in [0.15, 0.2) is 0 Å². The Hall–Kier alpha value is 0.130. The van der Waals surface area contributed by atoms with E-state index in [2.05, 4.69) is 6.92 Å². The lowest BCUT2D eigenvalue weighted by atomic mass is 10.1. The predicted molar refractivity (Wildman–Crippen MR) is 96.6 cm³/mol. The lowest BCUT2D eigenvalue weighted by Crippen LogP contribution is -2.12. The molecule has 0 saturated heterocycles. The van der Waals surface area contributed by atoms with Crippen LogP contribution in [0, 0.1) is 0 Å². The number of hydrogen-bond acceptors (Lipinski definition) is 4. The zero-order chi connectivity index (χ0) is 16.8. The summed E-state index contributed by atoms with van der Waals surface area (Å²) in [6, 6.07) is 0.